The first-order valence-corrected chi connectivity index (χ1v) is 13.1. The van der Waals surface area contributed by atoms with Crippen molar-refractivity contribution >= 4 is 52.4 Å². The van der Waals surface area contributed by atoms with Gasteiger partial charge in [0.15, 0.2) is 17.0 Å². The number of carboxylic acid groups (broad SMARTS) is 2. The van der Waals surface area contributed by atoms with Crippen molar-refractivity contribution in [1.82, 2.24) is 30.6 Å². The fraction of sp³-hybridized carbons (Fsp3) is 0.385. The van der Waals surface area contributed by atoms with E-state index < -0.39 is 35.7 Å². The number of fused-ring (bicyclic) bond motifs is 2. The molecule has 0 radical (unpaired) electrons. The molecule has 1 aliphatic heterocycles. The average molecular weight is 564 g/mol. The van der Waals surface area contributed by atoms with Gasteiger partial charge < -0.3 is 37.2 Å². The van der Waals surface area contributed by atoms with E-state index in [4.69, 9.17) is 16.6 Å². The number of benzene rings is 1. The summed E-state index contributed by atoms with van der Waals surface area (Å²) in [5, 5.41) is 23.7. The van der Waals surface area contributed by atoms with Crippen molar-refractivity contribution in [2.24, 2.45) is 11.8 Å². The highest BCUT2D eigenvalue weighted by Crippen LogP contribution is 2.38. The number of hydrogen-bond donors (Lipinski definition) is 6. The van der Waals surface area contributed by atoms with E-state index in [0.717, 1.165) is 11.3 Å². The van der Waals surface area contributed by atoms with Crippen molar-refractivity contribution in [3.8, 4) is 0 Å². The number of anilines is 3. The van der Waals surface area contributed by atoms with Gasteiger partial charge in [-0.15, -0.1) is 0 Å². The Kier molecular flexibility index (Phi) is 7.50. The van der Waals surface area contributed by atoms with Crippen LogP contribution in [0.1, 0.15) is 40.9 Å². The highest BCUT2D eigenvalue weighted by Gasteiger charge is 2.48. The first-order valence-electron chi connectivity index (χ1n) is 13.1. The quantitative estimate of drug-likeness (QED) is 0.168. The first kappa shape index (κ1) is 27.5. The molecule has 0 spiro atoms. The van der Waals surface area contributed by atoms with Crippen LogP contribution in [0.2, 0.25) is 0 Å². The van der Waals surface area contributed by atoms with Crippen molar-refractivity contribution in [3.63, 3.8) is 0 Å². The Morgan fingerprint density at radius 2 is 1.90 bits per heavy atom. The van der Waals surface area contributed by atoms with Gasteiger partial charge in [0.2, 0.25) is 11.9 Å². The number of aliphatic carboxylic acids is 2. The summed E-state index contributed by atoms with van der Waals surface area (Å²) in [6.07, 6.45) is 3.00. The predicted molar refractivity (Wildman–Crippen MR) is 146 cm³/mol. The van der Waals surface area contributed by atoms with E-state index in [1.807, 2.05) is 6.07 Å². The highest BCUT2D eigenvalue weighted by atomic mass is 16.4. The maximum absolute atomic E-state index is 12.9. The minimum atomic E-state index is -1.18. The molecule has 1 fully saturated rings. The van der Waals surface area contributed by atoms with E-state index >= 15 is 0 Å². The molecule has 3 aromatic rings. The lowest BCUT2D eigenvalue weighted by molar-refractivity contribution is -0.140. The van der Waals surface area contributed by atoms with E-state index in [2.05, 4.69) is 35.5 Å². The smallest absolute Gasteiger partial charge is 0.326 e. The van der Waals surface area contributed by atoms with E-state index in [9.17, 15) is 24.3 Å². The van der Waals surface area contributed by atoms with Crippen LogP contribution in [0.5, 0.6) is 0 Å². The molecule has 1 aromatic carbocycles. The van der Waals surface area contributed by atoms with Crippen LogP contribution >= 0.6 is 0 Å². The average Bonchev–Trinajstić information content (AvgIpc) is 3.65. The molecule has 1 aliphatic carbocycles. The molecular weight excluding hydrogens is 534 g/mol. The Hall–Kier alpha value is -5.08. The fourth-order valence-corrected chi connectivity index (χ4v) is 4.94. The molecule has 5 rings (SSSR count). The lowest BCUT2D eigenvalue weighted by atomic mass is 10.1. The zero-order chi connectivity index (χ0) is 29.3. The molecule has 2 aromatic heterocycles. The molecule has 15 heteroatoms. The predicted octanol–water partition coefficient (Wildman–Crippen LogP) is -0.0530. The summed E-state index contributed by atoms with van der Waals surface area (Å²) in [6.45, 7) is 1.32. The third kappa shape index (κ3) is 6.08. The Morgan fingerprint density at radius 1 is 1.10 bits per heavy atom. The molecule has 41 heavy (non-hydrogen) atoms. The van der Waals surface area contributed by atoms with Crippen LogP contribution in [0.4, 0.5) is 17.5 Å². The van der Waals surface area contributed by atoms with Crippen LogP contribution in [0.3, 0.4) is 0 Å². The van der Waals surface area contributed by atoms with Crippen molar-refractivity contribution < 1.29 is 29.4 Å². The summed E-state index contributed by atoms with van der Waals surface area (Å²) in [5.41, 5.74) is 15.1. The molecule has 1 saturated carbocycles. The van der Waals surface area contributed by atoms with Crippen LogP contribution in [0, 0.1) is 11.8 Å². The van der Waals surface area contributed by atoms with Gasteiger partial charge in [0.05, 0.1) is 30.3 Å². The molecule has 3 unspecified atom stereocenters. The SMILES string of the molecule is Nc1nc(N)c2nc(CN3CCc4cc(C(=O)NC(CCCNC(=O)C5CC5C(=O)O)C(=O)O)ccc43)cnc2n1. The Bertz CT molecular complexity index is 1550. The lowest BCUT2D eigenvalue weighted by Gasteiger charge is -2.19. The van der Waals surface area contributed by atoms with Crippen LogP contribution < -0.4 is 27.0 Å². The molecule has 2 amide bonds. The number of nitrogens with one attached hydrogen (secondary N) is 2. The van der Waals surface area contributed by atoms with E-state index in [1.165, 1.54) is 0 Å². The molecule has 3 heterocycles. The molecule has 15 nitrogen and oxygen atoms in total. The summed E-state index contributed by atoms with van der Waals surface area (Å²) in [6, 6.07) is 4.06. The van der Waals surface area contributed by atoms with E-state index in [-0.39, 0.29) is 30.6 Å². The number of hydrogen-bond acceptors (Lipinski definition) is 11. The Morgan fingerprint density at radius 3 is 2.63 bits per heavy atom. The maximum Gasteiger partial charge on any atom is 0.326 e. The number of rotatable bonds is 11. The van der Waals surface area contributed by atoms with E-state index in [1.54, 1.807) is 18.3 Å². The van der Waals surface area contributed by atoms with Gasteiger partial charge in [-0.05, 0) is 49.4 Å². The molecule has 214 valence electrons. The number of nitrogens with zero attached hydrogens (tertiary/aromatic N) is 5. The molecular formula is C26H29N9O6. The third-order valence-corrected chi connectivity index (χ3v) is 7.20. The maximum atomic E-state index is 12.9. The number of nitrogens with two attached hydrogens (primary N) is 2. The van der Waals surface area contributed by atoms with Crippen molar-refractivity contribution in [2.75, 3.05) is 29.5 Å². The monoisotopic (exact) mass is 563 g/mol. The normalized spacial score (nSPS) is 18.0. The second-order valence-electron chi connectivity index (χ2n) is 10.1. The second kappa shape index (κ2) is 11.2. The molecule has 0 bridgehead atoms. The topological polar surface area (TPSA) is 240 Å². The number of carbonyl (C=O) groups excluding carboxylic acids is 2. The van der Waals surface area contributed by atoms with E-state index in [0.29, 0.717) is 54.8 Å². The van der Waals surface area contributed by atoms with Crippen molar-refractivity contribution in [3.05, 3.63) is 41.2 Å². The van der Waals surface area contributed by atoms with Gasteiger partial charge in [0.25, 0.3) is 5.91 Å². The van der Waals surface area contributed by atoms with Gasteiger partial charge in [0, 0.05) is 24.3 Å². The van der Waals surface area contributed by atoms with Gasteiger partial charge in [-0.2, -0.15) is 9.97 Å². The minimum Gasteiger partial charge on any atom is -0.481 e. The third-order valence-electron chi connectivity index (χ3n) is 7.20. The Balaban J connectivity index is 1.16. The summed E-state index contributed by atoms with van der Waals surface area (Å²) >= 11 is 0. The molecule has 8 N–H and O–H groups in total. The van der Waals surface area contributed by atoms with Crippen LogP contribution in [0.25, 0.3) is 11.2 Å². The highest BCUT2D eigenvalue weighted by molar-refractivity contribution is 5.97. The summed E-state index contributed by atoms with van der Waals surface area (Å²) in [4.78, 5) is 66.4. The summed E-state index contributed by atoms with van der Waals surface area (Å²) in [7, 11) is 0. The van der Waals surface area contributed by atoms with Gasteiger partial charge in [-0.25, -0.2) is 14.8 Å². The number of nitrogen functional groups attached to an aromatic ring is 2. The number of amides is 2. The zero-order valence-electron chi connectivity index (χ0n) is 21.9. The van der Waals surface area contributed by atoms with Crippen molar-refractivity contribution in [1.29, 1.82) is 0 Å². The fourth-order valence-electron chi connectivity index (χ4n) is 4.94. The van der Waals surface area contributed by atoms with Crippen molar-refractivity contribution in [2.45, 2.75) is 38.3 Å². The van der Waals surface area contributed by atoms with Crippen LogP contribution in [0.15, 0.2) is 24.4 Å². The number of aromatic nitrogens is 4. The minimum absolute atomic E-state index is 0.0228. The number of carbonyl (C=O) groups is 4. The Labute approximate surface area is 233 Å². The van der Waals surface area contributed by atoms with Gasteiger partial charge in [-0.1, -0.05) is 0 Å². The number of carboxylic acids is 2. The zero-order valence-corrected chi connectivity index (χ0v) is 21.9. The summed E-state index contributed by atoms with van der Waals surface area (Å²) in [5.74, 6) is -4.06. The van der Waals surface area contributed by atoms with Crippen LogP contribution in [-0.2, 0) is 27.3 Å². The standard InChI is InChI=1S/C26H29N9O6/c27-20-19-21(34-26(28)33-20)30-10-14(31-19)11-35-7-5-12-8-13(3-4-18(12)35)22(36)32-17(25(40)41)2-1-6-29-23(37)15-9-16(15)24(38)39/h3-4,8,10,15-17H,1-2,5-7,9,11H2,(H,29,37)(H,32,36)(H,38,39)(H,40,41)(H4,27,28,30,33,34). The lowest BCUT2D eigenvalue weighted by Crippen LogP contribution is -2.41. The van der Waals surface area contributed by atoms with Gasteiger partial charge in [-0.3, -0.25) is 14.4 Å². The summed E-state index contributed by atoms with van der Waals surface area (Å²) < 4.78 is 0. The van der Waals surface area contributed by atoms with Gasteiger partial charge >= 0.3 is 11.9 Å². The van der Waals surface area contributed by atoms with Gasteiger partial charge in [0.1, 0.15) is 6.04 Å². The largest absolute Gasteiger partial charge is 0.481 e. The van der Waals surface area contributed by atoms with Crippen LogP contribution in [-0.4, -0.2) is 73.0 Å². The second-order valence-corrected chi connectivity index (χ2v) is 10.1. The molecule has 3 atom stereocenters. The molecule has 2 aliphatic rings. The first-order chi connectivity index (χ1) is 19.6. The molecule has 0 saturated heterocycles.